The highest BCUT2D eigenvalue weighted by Crippen LogP contribution is 2.30. The predicted molar refractivity (Wildman–Crippen MR) is 129 cm³/mol. The van der Waals surface area contributed by atoms with Gasteiger partial charge in [0.05, 0.1) is 21.3 Å². The maximum Gasteiger partial charge on any atom is 0.274 e. The molecule has 0 bridgehead atoms. The third-order valence-electron chi connectivity index (χ3n) is 6.51. The second-order valence-corrected chi connectivity index (χ2v) is 9.30. The van der Waals surface area contributed by atoms with Crippen LogP contribution in [0.3, 0.4) is 0 Å². The Labute approximate surface area is 202 Å². The van der Waals surface area contributed by atoms with Crippen molar-refractivity contribution in [1.82, 2.24) is 19.6 Å². The summed E-state index contributed by atoms with van der Waals surface area (Å²) in [4.78, 5) is 29.9. The van der Waals surface area contributed by atoms with Crippen molar-refractivity contribution in [2.24, 2.45) is 0 Å². The summed E-state index contributed by atoms with van der Waals surface area (Å²) in [7, 11) is 0. The molecule has 8 heteroatoms. The third-order valence-corrected chi connectivity index (χ3v) is 7.33. The van der Waals surface area contributed by atoms with E-state index >= 15 is 0 Å². The van der Waals surface area contributed by atoms with Gasteiger partial charge in [0.1, 0.15) is 0 Å². The lowest BCUT2D eigenvalue weighted by atomic mass is 10.1. The molecule has 1 saturated heterocycles. The van der Waals surface area contributed by atoms with Gasteiger partial charge in [0.25, 0.3) is 11.8 Å². The van der Waals surface area contributed by atoms with E-state index in [4.69, 9.17) is 28.3 Å². The Bertz CT molecular complexity index is 1250. The van der Waals surface area contributed by atoms with Gasteiger partial charge in [0.2, 0.25) is 0 Å². The van der Waals surface area contributed by atoms with E-state index in [0.717, 1.165) is 41.8 Å². The molecule has 1 aliphatic carbocycles. The van der Waals surface area contributed by atoms with E-state index in [0.29, 0.717) is 42.5 Å². The van der Waals surface area contributed by atoms with Crippen LogP contribution in [0.5, 0.6) is 0 Å². The van der Waals surface area contributed by atoms with Crippen LogP contribution in [-0.2, 0) is 12.8 Å². The third kappa shape index (κ3) is 3.91. The molecule has 0 saturated carbocycles. The molecular weight excluding hydrogens is 459 g/mol. The molecule has 0 atom stereocenters. The fourth-order valence-electron chi connectivity index (χ4n) is 4.71. The molecule has 1 aliphatic heterocycles. The number of nitrogens with zero attached hydrogens (tertiary/aromatic N) is 4. The summed E-state index contributed by atoms with van der Waals surface area (Å²) in [6.45, 7) is 3.84. The lowest BCUT2D eigenvalue weighted by Gasteiger charge is -2.34. The number of fused-ring (bicyclic) bond motifs is 1. The molecule has 0 unspecified atom stereocenters. The van der Waals surface area contributed by atoms with Crippen LogP contribution >= 0.6 is 23.2 Å². The molecule has 2 amide bonds. The Morgan fingerprint density at radius 1 is 0.879 bits per heavy atom. The molecule has 6 nitrogen and oxygen atoms in total. The highest BCUT2D eigenvalue weighted by molar-refractivity contribution is 6.43. The molecule has 0 N–H and O–H groups in total. The number of carbonyl (C=O) groups excluding carboxylic acids is 2. The number of aryl methyl sites for hydroxylation is 1. The summed E-state index contributed by atoms with van der Waals surface area (Å²) < 4.78 is 1.95. The topological polar surface area (TPSA) is 58.4 Å². The minimum atomic E-state index is -0.167. The smallest absolute Gasteiger partial charge is 0.274 e. The molecule has 2 heterocycles. The summed E-state index contributed by atoms with van der Waals surface area (Å²) in [6, 6.07) is 13.2. The molecule has 33 heavy (non-hydrogen) atoms. The number of benzene rings is 2. The highest BCUT2D eigenvalue weighted by Gasteiger charge is 2.32. The van der Waals surface area contributed by atoms with Gasteiger partial charge >= 0.3 is 0 Å². The van der Waals surface area contributed by atoms with Crippen LogP contribution in [0.15, 0.2) is 42.5 Å². The number of halogens is 2. The fourth-order valence-corrected chi connectivity index (χ4v) is 5.09. The summed E-state index contributed by atoms with van der Waals surface area (Å²) in [5.41, 5.74) is 5.27. The number of rotatable bonds is 3. The Balaban J connectivity index is 1.34. The van der Waals surface area contributed by atoms with E-state index in [2.05, 4.69) is 13.0 Å². The monoisotopic (exact) mass is 482 g/mol. The first-order valence-corrected chi connectivity index (χ1v) is 11.9. The fraction of sp³-hybridized carbons (Fsp3) is 0.320. The number of carbonyl (C=O) groups is 2. The molecule has 3 aromatic rings. The summed E-state index contributed by atoms with van der Waals surface area (Å²) >= 11 is 12.3. The van der Waals surface area contributed by atoms with Gasteiger partial charge in [0.15, 0.2) is 5.69 Å². The zero-order valence-electron chi connectivity index (χ0n) is 18.4. The van der Waals surface area contributed by atoms with Crippen LogP contribution in [0.25, 0.3) is 5.69 Å². The standard InChI is InChI=1S/C25H24Cl2N4O2/c1-16-6-2-3-10-20(16)31-21-11-5-7-17(21)23(28-31)25(33)30-14-12-29(13-15-30)24(32)18-8-4-9-19(26)22(18)27/h2-4,6,8-10H,5,7,11-15H2,1H3. The van der Waals surface area contributed by atoms with Gasteiger partial charge in [-0.15, -0.1) is 0 Å². The Morgan fingerprint density at radius 2 is 1.58 bits per heavy atom. The number of aromatic nitrogens is 2. The molecular formula is C25H24Cl2N4O2. The van der Waals surface area contributed by atoms with Gasteiger partial charge in [-0.2, -0.15) is 5.10 Å². The zero-order chi connectivity index (χ0) is 23.1. The molecule has 170 valence electrons. The summed E-state index contributed by atoms with van der Waals surface area (Å²) in [5.74, 6) is -0.229. The Kier molecular flexibility index (Phi) is 5.89. The lowest BCUT2D eigenvalue weighted by molar-refractivity contribution is 0.0531. The van der Waals surface area contributed by atoms with E-state index in [1.165, 1.54) is 0 Å². The molecule has 0 radical (unpaired) electrons. The van der Waals surface area contributed by atoms with Gasteiger partial charge in [-0.3, -0.25) is 9.59 Å². The molecule has 0 spiro atoms. The minimum absolute atomic E-state index is 0.0617. The second-order valence-electron chi connectivity index (χ2n) is 8.51. The first-order valence-electron chi connectivity index (χ1n) is 11.1. The minimum Gasteiger partial charge on any atom is -0.335 e. The Hall–Kier alpha value is -2.83. The van der Waals surface area contributed by atoms with E-state index in [9.17, 15) is 9.59 Å². The SMILES string of the molecule is Cc1ccccc1-n1nc(C(=O)N2CCN(C(=O)c3cccc(Cl)c3Cl)CC2)c2c1CCC2. The molecule has 2 aliphatic rings. The maximum absolute atomic E-state index is 13.4. The normalized spacial score (nSPS) is 15.6. The zero-order valence-corrected chi connectivity index (χ0v) is 19.9. The number of hydrogen-bond donors (Lipinski definition) is 0. The maximum atomic E-state index is 13.4. The van der Waals surface area contributed by atoms with Crippen LogP contribution in [0.4, 0.5) is 0 Å². The Morgan fingerprint density at radius 3 is 2.30 bits per heavy atom. The van der Waals surface area contributed by atoms with Crippen molar-refractivity contribution in [3.63, 3.8) is 0 Å². The van der Waals surface area contributed by atoms with Crippen molar-refractivity contribution in [1.29, 1.82) is 0 Å². The van der Waals surface area contributed by atoms with E-state index in [-0.39, 0.29) is 16.8 Å². The van der Waals surface area contributed by atoms with Crippen molar-refractivity contribution in [2.75, 3.05) is 26.2 Å². The van der Waals surface area contributed by atoms with Gasteiger partial charge < -0.3 is 9.80 Å². The molecule has 1 aromatic heterocycles. The summed E-state index contributed by atoms with van der Waals surface area (Å²) in [5, 5.41) is 5.39. The van der Waals surface area contributed by atoms with E-state index in [1.54, 1.807) is 28.0 Å². The second kappa shape index (κ2) is 8.84. The first kappa shape index (κ1) is 22.0. The van der Waals surface area contributed by atoms with Crippen LogP contribution in [0.2, 0.25) is 10.0 Å². The number of amides is 2. The van der Waals surface area contributed by atoms with Gasteiger partial charge in [-0.1, -0.05) is 47.5 Å². The largest absolute Gasteiger partial charge is 0.335 e. The summed E-state index contributed by atoms with van der Waals surface area (Å²) in [6.07, 6.45) is 2.82. The van der Waals surface area contributed by atoms with E-state index < -0.39 is 0 Å². The van der Waals surface area contributed by atoms with Crippen molar-refractivity contribution in [3.05, 3.63) is 80.6 Å². The lowest BCUT2D eigenvalue weighted by Crippen LogP contribution is -2.50. The van der Waals surface area contributed by atoms with E-state index in [1.807, 2.05) is 22.9 Å². The number of hydrogen-bond acceptors (Lipinski definition) is 3. The van der Waals surface area contributed by atoms with Crippen LogP contribution in [0.1, 0.15) is 44.1 Å². The van der Waals surface area contributed by atoms with Crippen molar-refractivity contribution < 1.29 is 9.59 Å². The number of para-hydroxylation sites is 1. The highest BCUT2D eigenvalue weighted by atomic mass is 35.5. The average Bonchev–Trinajstić information content (AvgIpc) is 3.44. The van der Waals surface area contributed by atoms with Crippen molar-refractivity contribution in [3.8, 4) is 5.69 Å². The molecule has 5 rings (SSSR count). The van der Waals surface area contributed by atoms with Gasteiger partial charge in [0, 0.05) is 37.4 Å². The van der Waals surface area contributed by atoms with Crippen molar-refractivity contribution >= 4 is 35.0 Å². The van der Waals surface area contributed by atoms with Crippen LogP contribution in [-0.4, -0.2) is 57.6 Å². The van der Waals surface area contributed by atoms with Gasteiger partial charge in [-0.05, 0) is 49.9 Å². The molecule has 1 fully saturated rings. The number of piperazine rings is 1. The predicted octanol–water partition coefficient (Wildman–Crippen LogP) is 4.57. The van der Waals surface area contributed by atoms with Crippen molar-refractivity contribution in [2.45, 2.75) is 26.2 Å². The van der Waals surface area contributed by atoms with Crippen LogP contribution < -0.4 is 0 Å². The van der Waals surface area contributed by atoms with Crippen LogP contribution in [0, 0.1) is 6.92 Å². The average molecular weight is 483 g/mol. The molecule has 2 aromatic carbocycles. The first-order chi connectivity index (χ1) is 16.0. The quantitative estimate of drug-likeness (QED) is 0.548. The van der Waals surface area contributed by atoms with Gasteiger partial charge in [-0.25, -0.2) is 4.68 Å².